The molecule has 1 rings (SSSR count). The van der Waals surface area contributed by atoms with E-state index >= 15 is 0 Å². The number of carbonyl (C=O) groups is 1. The lowest BCUT2D eigenvalue weighted by atomic mass is 9.87. The average Bonchev–Trinajstić information content (AvgIpc) is 2.23. The van der Waals surface area contributed by atoms with E-state index in [0.717, 1.165) is 31.8 Å². The monoisotopic (exact) mass is 212 g/mol. The highest BCUT2D eigenvalue weighted by Gasteiger charge is 2.21. The quantitative estimate of drug-likeness (QED) is 0.766. The minimum atomic E-state index is 0.111. The summed E-state index contributed by atoms with van der Waals surface area (Å²) in [5.41, 5.74) is 0. The molecule has 0 aromatic rings. The second kappa shape index (κ2) is 5.99. The fraction of sp³-hybridized carbons (Fsp3) is 0.917. The number of rotatable bonds is 3. The molecule has 0 spiro atoms. The highest BCUT2D eigenvalue weighted by Crippen LogP contribution is 2.23. The zero-order valence-electron chi connectivity index (χ0n) is 10.3. The average molecular weight is 212 g/mol. The van der Waals surface area contributed by atoms with Gasteiger partial charge in [0.05, 0.1) is 0 Å². The first-order chi connectivity index (χ1) is 7.17. The number of urea groups is 1. The summed E-state index contributed by atoms with van der Waals surface area (Å²) >= 11 is 0. The third-order valence-electron chi connectivity index (χ3n) is 3.39. The van der Waals surface area contributed by atoms with Gasteiger partial charge in [-0.1, -0.05) is 6.92 Å². The van der Waals surface area contributed by atoms with Crippen LogP contribution < -0.4 is 5.32 Å². The first-order valence-corrected chi connectivity index (χ1v) is 6.22. The molecule has 1 aliphatic rings. The largest absolute Gasteiger partial charge is 0.335 e. The third kappa shape index (κ3) is 3.73. The van der Waals surface area contributed by atoms with Crippen molar-refractivity contribution in [3.63, 3.8) is 0 Å². The molecule has 0 saturated heterocycles. The normalized spacial score (nSPS) is 26.1. The topological polar surface area (TPSA) is 32.3 Å². The molecule has 88 valence electrons. The van der Waals surface area contributed by atoms with E-state index in [1.165, 1.54) is 12.8 Å². The number of carbonyl (C=O) groups excluding carboxylic acids is 1. The van der Waals surface area contributed by atoms with E-state index < -0.39 is 0 Å². The lowest BCUT2D eigenvalue weighted by Gasteiger charge is -2.29. The van der Waals surface area contributed by atoms with Crippen LogP contribution in [0.4, 0.5) is 4.79 Å². The van der Waals surface area contributed by atoms with Crippen molar-refractivity contribution in [3.8, 4) is 0 Å². The maximum atomic E-state index is 11.8. The molecule has 0 heterocycles. The first kappa shape index (κ1) is 12.3. The van der Waals surface area contributed by atoms with Crippen LogP contribution in [0.5, 0.6) is 0 Å². The molecular formula is C12H24N2O. The molecule has 1 aliphatic carbocycles. The van der Waals surface area contributed by atoms with Crippen LogP contribution in [0.3, 0.4) is 0 Å². The molecule has 0 aliphatic heterocycles. The van der Waals surface area contributed by atoms with Crippen LogP contribution in [0.15, 0.2) is 0 Å². The number of nitrogens with zero attached hydrogens (tertiary/aromatic N) is 1. The molecule has 2 amide bonds. The summed E-state index contributed by atoms with van der Waals surface area (Å²) in [5.74, 6) is 0.839. The van der Waals surface area contributed by atoms with Gasteiger partial charge in [-0.15, -0.1) is 0 Å². The first-order valence-electron chi connectivity index (χ1n) is 6.22. The molecule has 1 fully saturated rings. The fourth-order valence-corrected chi connectivity index (χ4v) is 2.18. The van der Waals surface area contributed by atoms with Crippen LogP contribution in [0, 0.1) is 5.92 Å². The molecule has 0 unspecified atom stereocenters. The lowest BCUT2D eigenvalue weighted by Crippen LogP contribution is -2.45. The molecule has 0 aromatic heterocycles. The van der Waals surface area contributed by atoms with Gasteiger partial charge >= 0.3 is 6.03 Å². The van der Waals surface area contributed by atoms with Gasteiger partial charge in [0.15, 0.2) is 0 Å². The third-order valence-corrected chi connectivity index (χ3v) is 3.39. The Morgan fingerprint density at radius 2 is 1.73 bits per heavy atom. The number of hydrogen-bond acceptors (Lipinski definition) is 1. The van der Waals surface area contributed by atoms with Gasteiger partial charge < -0.3 is 10.2 Å². The van der Waals surface area contributed by atoms with Crippen molar-refractivity contribution in [3.05, 3.63) is 0 Å². The van der Waals surface area contributed by atoms with Gasteiger partial charge in [-0.3, -0.25) is 0 Å². The van der Waals surface area contributed by atoms with Crippen LogP contribution in [-0.4, -0.2) is 30.1 Å². The highest BCUT2D eigenvalue weighted by molar-refractivity contribution is 5.74. The minimum absolute atomic E-state index is 0.111. The summed E-state index contributed by atoms with van der Waals surface area (Å²) in [5, 5.41) is 3.13. The predicted octanol–water partition coefficient (Wildman–Crippen LogP) is 2.62. The summed E-state index contributed by atoms with van der Waals surface area (Å²) in [4.78, 5) is 13.6. The Kier molecular flexibility index (Phi) is 4.92. The maximum absolute atomic E-state index is 11.8. The van der Waals surface area contributed by atoms with Gasteiger partial charge in [0.2, 0.25) is 0 Å². The smallest absolute Gasteiger partial charge is 0.317 e. The Morgan fingerprint density at radius 3 is 2.20 bits per heavy atom. The van der Waals surface area contributed by atoms with E-state index in [2.05, 4.69) is 12.2 Å². The molecule has 0 aromatic carbocycles. The second-order valence-electron chi connectivity index (χ2n) is 4.58. The van der Waals surface area contributed by atoms with E-state index in [0.29, 0.717) is 6.04 Å². The van der Waals surface area contributed by atoms with Crippen LogP contribution in [0.2, 0.25) is 0 Å². The van der Waals surface area contributed by atoms with Gasteiger partial charge in [-0.25, -0.2) is 4.79 Å². The molecule has 0 atom stereocenters. The standard InChI is InChI=1S/C12H24N2O/c1-4-14(5-2)12(15)13-11-8-6-10(3)7-9-11/h10-11H,4-9H2,1-3H3,(H,13,15). The van der Waals surface area contributed by atoms with Crippen molar-refractivity contribution in [2.75, 3.05) is 13.1 Å². The number of nitrogens with one attached hydrogen (secondary N) is 1. The predicted molar refractivity (Wildman–Crippen MR) is 62.9 cm³/mol. The molecule has 1 saturated carbocycles. The maximum Gasteiger partial charge on any atom is 0.317 e. The van der Waals surface area contributed by atoms with Crippen molar-refractivity contribution in [1.29, 1.82) is 0 Å². The Labute approximate surface area is 93.2 Å². The van der Waals surface area contributed by atoms with Crippen LogP contribution >= 0.6 is 0 Å². The molecule has 0 radical (unpaired) electrons. The summed E-state index contributed by atoms with van der Waals surface area (Å²) < 4.78 is 0. The molecule has 1 N–H and O–H groups in total. The summed E-state index contributed by atoms with van der Waals surface area (Å²) in [6.07, 6.45) is 4.80. The van der Waals surface area contributed by atoms with Crippen LogP contribution in [0.1, 0.15) is 46.5 Å². The Bertz CT molecular complexity index is 194. The van der Waals surface area contributed by atoms with Crippen molar-refractivity contribution in [2.45, 2.75) is 52.5 Å². The fourth-order valence-electron chi connectivity index (χ4n) is 2.18. The molecule has 0 bridgehead atoms. The Hall–Kier alpha value is -0.730. The summed E-state index contributed by atoms with van der Waals surface area (Å²) in [7, 11) is 0. The van der Waals surface area contributed by atoms with Gasteiger partial charge in [0.25, 0.3) is 0 Å². The Morgan fingerprint density at radius 1 is 1.20 bits per heavy atom. The zero-order chi connectivity index (χ0) is 11.3. The van der Waals surface area contributed by atoms with E-state index in [1.807, 2.05) is 18.7 Å². The van der Waals surface area contributed by atoms with Crippen molar-refractivity contribution in [1.82, 2.24) is 10.2 Å². The lowest BCUT2D eigenvalue weighted by molar-refractivity contribution is 0.192. The highest BCUT2D eigenvalue weighted by atomic mass is 16.2. The summed E-state index contributed by atoms with van der Waals surface area (Å²) in [6, 6.07) is 0.522. The minimum Gasteiger partial charge on any atom is -0.335 e. The van der Waals surface area contributed by atoms with Gasteiger partial charge in [0, 0.05) is 19.1 Å². The van der Waals surface area contributed by atoms with Crippen LogP contribution in [-0.2, 0) is 0 Å². The zero-order valence-corrected chi connectivity index (χ0v) is 10.3. The van der Waals surface area contributed by atoms with Crippen molar-refractivity contribution >= 4 is 6.03 Å². The van der Waals surface area contributed by atoms with Gasteiger partial charge in [0.1, 0.15) is 0 Å². The number of hydrogen-bond donors (Lipinski definition) is 1. The van der Waals surface area contributed by atoms with E-state index in [-0.39, 0.29) is 6.03 Å². The van der Waals surface area contributed by atoms with E-state index in [9.17, 15) is 4.79 Å². The molecule has 3 nitrogen and oxygen atoms in total. The number of amides is 2. The Balaban J connectivity index is 2.31. The molecule has 3 heteroatoms. The summed E-state index contributed by atoms with van der Waals surface area (Å²) in [6.45, 7) is 7.93. The second-order valence-corrected chi connectivity index (χ2v) is 4.58. The van der Waals surface area contributed by atoms with Crippen molar-refractivity contribution < 1.29 is 4.79 Å². The molecule has 15 heavy (non-hydrogen) atoms. The van der Waals surface area contributed by atoms with Gasteiger partial charge in [-0.05, 0) is 45.4 Å². The molecular weight excluding hydrogens is 188 g/mol. The van der Waals surface area contributed by atoms with E-state index in [4.69, 9.17) is 0 Å². The van der Waals surface area contributed by atoms with Gasteiger partial charge in [-0.2, -0.15) is 0 Å². The van der Waals surface area contributed by atoms with Crippen LogP contribution in [0.25, 0.3) is 0 Å². The van der Waals surface area contributed by atoms with E-state index in [1.54, 1.807) is 0 Å². The SMILES string of the molecule is CCN(CC)C(=O)NC1CCC(C)CC1. The van der Waals surface area contributed by atoms with Crippen molar-refractivity contribution in [2.24, 2.45) is 5.92 Å².